The molecule has 4 rings (SSSR count). The molecule has 1 aliphatic heterocycles. The van der Waals surface area contributed by atoms with Crippen LogP contribution in [0.3, 0.4) is 0 Å². The Labute approximate surface area is 188 Å². The van der Waals surface area contributed by atoms with Gasteiger partial charge in [-0.3, -0.25) is 9.10 Å². The summed E-state index contributed by atoms with van der Waals surface area (Å²) in [5.74, 6) is 0.00827. The van der Waals surface area contributed by atoms with E-state index in [2.05, 4.69) is 5.32 Å². The maximum absolute atomic E-state index is 13.5. The number of fused-ring (bicyclic) bond motifs is 1. The van der Waals surface area contributed by atoms with Gasteiger partial charge in [-0.15, -0.1) is 0 Å². The number of ether oxygens (including phenoxy) is 1. The number of carbonyl (C=O) groups excluding carboxylic acids is 1. The first-order valence-corrected chi connectivity index (χ1v) is 11.9. The normalized spacial score (nSPS) is 15.6. The summed E-state index contributed by atoms with van der Waals surface area (Å²) in [6, 6.07) is 19.9. The molecule has 166 valence electrons. The molecule has 1 aliphatic rings. The Morgan fingerprint density at radius 3 is 2.19 bits per heavy atom. The molecule has 0 aliphatic carbocycles. The Hall–Kier alpha value is -3.32. The van der Waals surface area contributed by atoms with Gasteiger partial charge in [-0.2, -0.15) is 0 Å². The summed E-state index contributed by atoms with van der Waals surface area (Å²) < 4.78 is 34.2. The molecular weight excluding hydrogens is 424 g/mol. The number of carbonyl (C=O) groups is 1. The third-order valence-corrected chi connectivity index (χ3v) is 7.27. The number of benzene rings is 3. The summed E-state index contributed by atoms with van der Waals surface area (Å²) in [6.45, 7) is 6.02. The molecule has 0 aromatic heterocycles. The van der Waals surface area contributed by atoms with Crippen LogP contribution in [0.5, 0.6) is 5.75 Å². The van der Waals surface area contributed by atoms with Gasteiger partial charge in [0.1, 0.15) is 5.75 Å². The number of nitrogens with zero attached hydrogens (tertiary/aromatic N) is 1. The average molecular weight is 451 g/mol. The molecule has 1 unspecified atom stereocenters. The van der Waals surface area contributed by atoms with E-state index in [1.165, 1.54) is 4.31 Å². The molecule has 1 atom stereocenters. The van der Waals surface area contributed by atoms with Gasteiger partial charge in [0.25, 0.3) is 15.9 Å². The van der Waals surface area contributed by atoms with E-state index >= 15 is 0 Å². The molecule has 7 heteroatoms. The van der Waals surface area contributed by atoms with Crippen LogP contribution in [0.1, 0.15) is 22.3 Å². The van der Waals surface area contributed by atoms with Gasteiger partial charge in [0.15, 0.2) is 6.10 Å². The number of rotatable bonds is 5. The average Bonchev–Trinajstić information content (AvgIpc) is 2.78. The van der Waals surface area contributed by atoms with Crippen molar-refractivity contribution in [3.05, 3.63) is 89.0 Å². The fraction of sp³-hybridized carbons (Fsp3) is 0.240. The zero-order valence-electron chi connectivity index (χ0n) is 18.3. The predicted molar refractivity (Wildman–Crippen MR) is 124 cm³/mol. The van der Waals surface area contributed by atoms with Crippen molar-refractivity contribution in [2.24, 2.45) is 0 Å². The number of hydrogen-bond donors (Lipinski definition) is 1. The van der Waals surface area contributed by atoms with Crippen LogP contribution in [0.25, 0.3) is 0 Å². The van der Waals surface area contributed by atoms with Crippen molar-refractivity contribution in [3.8, 4) is 5.75 Å². The Morgan fingerprint density at radius 1 is 0.938 bits per heavy atom. The molecule has 0 fully saturated rings. The van der Waals surface area contributed by atoms with Crippen molar-refractivity contribution in [1.29, 1.82) is 0 Å². The molecule has 0 saturated heterocycles. The maximum atomic E-state index is 13.5. The maximum Gasteiger partial charge on any atom is 0.264 e. The Bertz CT molecular complexity index is 1240. The molecule has 0 spiro atoms. The van der Waals surface area contributed by atoms with Crippen LogP contribution in [0, 0.1) is 20.8 Å². The fourth-order valence-electron chi connectivity index (χ4n) is 3.57. The minimum absolute atomic E-state index is 0.105. The topological polar surface area (TPSA) is 75.7 Å². The standard InChI is InChI=1S/C25H26N2O4S/c1-17-4-9-20(10-5-17)15-26-25(28)24-16-27(22-14-19(3)8-13-23(22)31-24)32(29,30)21-11-6-18(2)7-12-21/h4-14,24H,15-16H2,1-3H3,(H,26,28). The Balaban J connectivity index is 1.61. The van der Waals surface area contributed by atoms with Gasteiger partial charge in [0, 0.05) is 6.54 Å². The first kappa shape index (κ1) is 21.9. The van der Waals surface area contributed by atoms with Crippen molar-refractivity contribution >= 4 is 21.6 Å². The van der Waals surface area contributed by atoms with E-state index in [-0.39, 0.29) is 17.3 Å². The molecule has 0 radical (unpaired) electrons. The van der Waals surface area contributed by atoms with Crippen LogP contribution in [0.4, 0.5) is 5.69 Å². The molecule has 6 nitrogen and oxygen atoms in total. The van der Waals surface area contributed by atoms with E-state index in [0.29, 0.717) is 18.0 Å². The largest absolute Gasteiger partial charge is 0.476 e. The Kier molecular flexibility index (Phi) is 5.93. The van der Waals surface area contributed by atoms with E-state index in [1.807, 2.05) is 51.1 Å². The molecular formula is C25H26N2O4S. The van der Waals surface area contributed by atoms with Gasteiger partial charge in [-0.1, -0.05) is 53.6 Å². The van der Waals surface area contributed by atoms with Crippen molar-refractivity contribution in [2.75, 3.05) is 10.8 Å². The van der Waals surface area contributed by atoms with E-state index in [4.69, 9.17) is 4.74 Å². The van der Waals surface area contributed by atoms with Gasteiger partial charge in [0.05, 0.1) is 17.1 Å². The van der Waals surface area contributed by atoms with Gasteiger partial charge >= 0.3 is 0 Å². The first-order valence-electron chi connectivity index (χ1n) is 10.4. The molecule has 32 heavy (non-hydrogen) atoms. The number of sulfonamides is 1. The molecule has 1 N–H and O–H groups in total. The highest BCUT2D eigenvalue weighted by molar-refractivity contribution is 7.92. The smallest absolute Gasteiger partial charge is 0.264 e. The van der Waals surface area contributed by atoms with Crippen molar-refractivity contribution in [1.82, 2.24) is 5.32 Å². The van der Waals surface area contributed by atoms with E-state index in [0.717, 1.165) is 22.3 Å². The predicted octanol–water partition coefficient (Wildman–Crippen LogP) is 3.88. The number of hydrogen-bond acceptors (Lipinski definition) is 4. The second kappa shape index (κ2) is 8.67. The minimum Gasteiger partial charge on any atom is -0.476 e. The van der Waals surface area contributed by atoms with E-state index in [9.17, 15) is 13.2 Å². The molecule has 0 bridgehead atoms. The lowest BCUT2D eigenvalue weighted by Gasteiger charge is -2.35. The molecule has 0 saturated carbocycles. The van der Waals surface area contributed by atoms with Crippen LogP contribution >= 0.6 is 0 Å². The highest BCUT2D eigenvalue weighted by Gasteiger charge is 2.37. The minimum atomic E-state index is -3.87. The third kappa shape index (κ3) is 4.48. The van der Waals surface area contributed by atoms with Gasteiger partial charge < -0.3 is 10.1 Å². The highest BCUT2D eigenvalue weighted by atomic mass is 32.2. The Morgan fingerprint density at radius 2 is 1.53 bits per heavy atom. The van der Waals surface area contributed by atoms with Gasteiger partial charge in [-0.25, -0.2) is 8.42 Å². The van der Waals surface area contributed by atoms with Crippen molar-refractivity contribution < 1.29 is 17.9 Å². The number of aryl methyl sites for hydroxylation is 3. The van der Waals surface area contributed by atoms with Gasteiger partial charge in [-0.05, 0) is 56.2 Å². The van der Waals surface area contributed by atoms with E-state index in [1.54, 1.807) is 36.4 Å². The first-order chi connectivity index (χ1) is 15.2. The van der Waals surface area contributed by atoms with Crippen LogP contribution < -0.4 is 14.4 Å². The summed E-state index contributed by atoms with van der Waals surface area (Å²) in [5.41, 5.74) is 4.40. The fourth-order valence-corrected chi connectivity index (χ4v) is 5.04. The lowest BCUT2D eigenvalue weighted by Crippen LogP contribution is -2.50. The summed E-state index contributed by atoms with van der Waals surface area (Å²) in [4.78, 5) is 13.1. The molecule has 1 heterocycles. The van der Waals surface area contributed by atoms with Crippen LogP contribution in [0.15, 0.2) is 71.6 Å². The van der Waals surface area contributed by atoms with Crippen LogP contribution in [-0.4, -0.2) is 27.0 Å². The second-order valence-electron chi connectivity index (χ2n) is 8.13. The number of nitrogens with one attached hydrogen (secondary N) is 1. The SMILES string of the molecule is Cc1ccc(CNC(=O)C2CN(S(=O)(=O)c3ccc(C)cc3)c3cc(C)ccc3O2)cc1. The highest BCUT2D eigenvalue weighted by Crippen LogP contribution is 2.37. The molecule has 3 aromatic rings. The molecule has 3 aromatic carbocycles. The monoisotopic (exact) mass is 450 g/mol. The van der Waals surface area contributed by atoms with Crippen LogP contribution in [0.2, 0.25) is 0 Å². The number of amides is 1. The van der Waals surface area contributed by atoms with Crippen molar-refractivity contribution in [3.63, 3.8) is 0 Å². The molecule has 1 amide bonds. The lowest BCUT2D eigenvalue weighted by atomic mass is 10.1. The zero-order chi connectivity index (χ0) is 22.9. The van der Waals surface area contributed by atoms with Gasteiger partial charge in [0.2, 0.25) is 0 Å². The second-order valence-corrected chi connectivity index (χ2v) is 9.99. The third-order valence-electron chi connectivity index (χ3n) is 5.47. The van der Waals surface area contributed by atoms with Crippen LogP contribution in [-0.2, 0) is 21.4 Å². The summed E-state index contributed by atoms with van der Waals surface area (Å²) >= 11 is 0. The van der Waals surface area contributed by atoms with Crippen molar-refractivity contribution in [2.45, 2.75) is 38.3 Å². The zero-order valence-corrected chi connectivity index (χ0v) is 19.1. The number of anilines is 1. The summed E-state index contributed by atoms with van der Waals surface area (Å²) in [7, 11) is -3.87. The summed E-state index contributed by atoms with van der Waals surface area (Å²) in [5, 5.41) is 2.86. The quantitative estimate of drug-likeness (QED) is 0.640. The summed E-state index contributed by atoms with van der Waals surface area (Å²) in [6.07, 6.45) is -0.962. The van der Waals surface area contributed by atoms with E-state index < -0.39 is 16.1 Å². The lowest BCUT2D eigenvalue weighted by molar-refractivity contribution is -0.127.